The van der Waals surface area contributed by atoms with E-state index in [-0.39, 0.29) is 22.8 Å². The van der Waals surface area contributed by atoms with Gasteiger partial charge in [0.25, 0.3) is 10.0 Å². The van der Waals surface area contributed by atoms with Crippen LogP contribution in [0.2, 0.25) is 0 Å². The first-order chi connectivity index (χ1) is 13.2. The fraction of sp³-hybridized carbons (Fsp3) is 0.300. The van der Waals surface area contributed by atoms with Crippen molar-refractivity contribution < 1.29 is 23.1 Å². The summed E-state index contributed by atoms with van der Waals surface area (Å²) in [6.07, 6.45) is 0.245. The Bertz CT molecular complexity index is 965. The molecule has 0 heterocycles. The molecule has 2 rings (SSSR count). The number of sulfonamides is 1. The Kier molecular flexibility index (Phi) is 6.80. The highest BCUT2D eigenvalue weighted by Gasteiger charge is 2.19. The van der Waals surface area contributed by atoms with E-state index in [1.807, 2.05) is 13.8 Å². The fourth-order valence-electron chi connectivity index (χ4n) is 2.79. The molecule has 0 unspecified atom stereocenters. The Morgan fingerprint density at radius 3 is 2.18 bits per heavy atom. The SMILES string of the molecule is CCN(CC)C(=O)Cc1ccc(NS(=O)(=O)c2cc(C(=O)O)ccc2C)cc1. The lowest BCUT2D eigenvalue weighted by molar-refractivity contribution is -0.130. The summed E-state index contributed by atoms with van der Waals surface area (Å²) in [7, 11) is -3.95. The summed E-state index contributed by atoms with van der Waals surface area (Å²) in [4.78, 5) is 24.9. The first-order valence-corrected chi connectivity index (χ1v) is 10.4. The number of hydrogen-bond acceptors (Lipinski definition) is 4. The minimum atomic E-state index is -3.95. The van der Waals surface area contributed by atoms with Crippen LogP contribution in [0.1, 0.15) is 35.3 Å². The van der Waals surface area contributed by atoms with Gasteiger partial charge >= 0.3 is 5.97 Å². The molecule has 7 nitrogen and oxygen atoms in total. The molecule has 0 saturated heterocycles. The first kappa shape index (κ1) is 21.4. The maximum absolute atomic E-state index is 12.7. The van der Waals surface area contributed by atoms with Gasteiger partial charge in [0.05, 0.1) is 16.9 Å². The summed E-state index contributed by atoms with van der Waals surface area (Å²) in [6.45, 7) is 6.72. The van der Waals surface area contributed by atoms with E-state index < -0.39 is 16.0 Å². The van der Waals surface area contributed by atoms with Crippen LogP contribution >= 0.6 is 0 Å². The van der Waals surface area contributed by atoms with E-state index in [0.29, 0.717) is 24.3 Å². The van der Waals surface area contributed by atoms with Gasteiger partial charge in [-0.1, -0.05) is 18.2 Å². The van der Waals surface area contributed by atoms with E-state index >= 15 is 0 Å². The summed E-state index contributed by atoms with van der Waals surface area (Å²) in [6, 6.07) is 10.5. The van der Waals surface area contributed by atoms with Gasteiger partial charge in [-0.2, -0.15) is 0 Å². The van der Waals surface area contributed by atoms with Crippen LogP contribution in [0.3, 0.4) is 0 Å². The molecule has 2 aromatic carbocycles. The zero-order chi connectivity index (χ0) is 20.9. The van der Waals surface area contributed by atoms with E-state index in [1.165, 1.54) is 12.1 Å². The molecular weight excluding hydrogens is 380 g/mol. The maximum atomic E-state index is 12.7. The molecule has 0 aliphatic rings. The number of amides is 1. The van der Waals surface area contributed by atoms with Crippen LogP contribution in [0.5, 0.6) is 0 Å². The van der Waals surface area contributed by atoms with Crippen LogP contribution in [0, 0.1) is 6.92 Å². The van der Waals surface area contributed by atoms with Crippen LogP contribution in [0.15, 0.2) is 47.4 Å². The van der Waals surface area contributed by atoms with Gasteiger partial charge in [0, 0.05) is 18.8 Å². The summed E-state index contributed by atoms with van der Waals surface area (Å²) >= 11 is 0. The zero-order valence-electron chi connectivity index (χ0n) is 16.1. The van der Waals surface area contributed by atoms with Crippen molar-refractivity contribution in [2.75, 3.05) is 17.8 Å². The monoisotopic (exact) mass is 404 g/mol. The van der Waals surface area contributed by atoms with E-state index in [2.05, 4.69) is 4.72 Å². The summed E-state index contributed by atoms with van der Waals surface area (Å²) in [5.41, 5.74) is 1.46. The summed E-state index contributed by atoms with van der Waals surface area (Å²) < 4.78 is 27.8. The number of carboxylic acid groups (broad SMARTS) is 1. The van der Waals surface area contributed by atoms with E-state index in [0.717, 1.165) is 11.6 Å². The number of carbonyl (C=O) groups excluding carboxylic acids is 1. The number of anilines is 1. The van der Waals surface area contributed by atoms with Crippen LogP contribution in [-0.2, 0) is 21.2 Å². The van der Waals surface area contributed by atoms with Crippen molar-refractivity contribution >= 4 is 27.6 Å². The van der Waals surface area contributed by atoms with Crippen LogP contribution in [-0.4, -0.2) is 43.4 Å². The Balaban J connectivity index is 2.18. The van der Waals surface area contributed by atoms with Crippen LogP contribution in [0.25, 0.3) is 0 Å². The molecular formula is C20H24N2O5S. The first-order valence-electron chi connectivity index (χ1n) is 8.91. The number of carboxylic acids is 1. The van der Waals surface area contributed by atoms with Crippen molar-refractivity contribution in [2.45, 2.75) is 32.1 Å². The largest absolute Gasteiger partial charge is 0.478 e. The van der Waals surface area contributed by atoms with Crippen molar-refractivity contribution in [2.24, 2.45) is 0 Å². The van der Waals surface area contributed by atoms with Crippen LogP contribution in [0.4, 0.5) is 5.69 Å². The number of benzene rings is 2. The third-order valence-corrected chi connectivity index (χ3v) is 5.93. The topological polar surface area (TPSA) is 104 Å². The van der Waals surface area contributed by atoms with E-state index in [9.17, 15) is 18.0 Å². The molecule has 1 amide bonds. The molecule has 0 bridgehead atoms. The third kappa shape index (κ3) is 5.10. The normalized spacial score (nSPS) is 11.1. The Hall–Kier alpha value is -2.87. The summed E-state index contributed by atoms with van der Waals surface area (Å²) in [5, 5.41) is 9.09. The highest BCUT2D eigenvalue weighted by atomic mass is 32.2. The van der Waals surface area contributed by atoms with Gasteiger partial charge in [-0.15, -0.1) is 0 Å². The molecule has 2 aromatic rings. The summed E-state index contributed by atoms with van der Waals surface area (Å²) in [5.74, 6) is -1.18. The van der Waals surface area contributed by atoms with Gasteiger partial charge in [-0.05, 0) is 56.2 Å². The zero-order valence-corrected chi connectivity index (χ0v) is 16.9. The molecule has 28 heavy (non-hydrogen) atoms. The predicted octanol–water partition coefficient (Wildman–Crippen LogP) is 2.90. The minimum Gasteiger partial charge on any atom is -0.478 e. The van der Waals surface area contributed by atoms with Gasteiger partial charge in [0.1, 0.15) is 0 Å². The average Bonchev–Trinajstić information content (AvgIpc) is 2.64. The molecule has 0 fully saturated rings. The second kappa shape index (κ2) is 8.88. The highest BCUT2D eigenvalue weighted by Crippen LogP contribution is 2.21. The quantitative estimate of drug-likeness (QED) is 0.704. The van der Waals surface area contributed by atoms with Crippen molar-refractivity contribution in [1.29, 1.82) is 0 Å². The van der Waals surface area contributed by atoms with E-state index in [4.69, 9.17) is 5.11 Å². The number of nitrogens with zero attached hydrogens (tertiary/aromatic N) is 1. The number of hydrogen-bond donors (Lipinski definition) is 2. The molecule has 8 heteroatoms. The molecule has 0 saturated carbocycles. The number of nitrogens with one attached hydrogen (secondary N) is 1. The van der Waals surface area contributed by atoms with Crippen molar-refractivity contribution in [3.8, 4) is 0 Å². The van der Waals surface area contributed by atoms with E-state index in [1.54, 1.807) is 36.1 Å². The number of carbonyl (C=O) groups is 2. The fourth-order valence-corrected chi connectivity index (χ4v) is 4.12. The lowest BCUT2D eigenvalue weighted by atomic mass is 10.1. The molecule has 0 aliphatic carbocycles. The van der Waals surface area contributed by atoms with Gasteiger partial charge in [-0.25, -0.2) is 13.2 Å². The lowest BCUT2D eigenvalue weighted by Gasteiger charge is -2.18. The molecule has 0 radical (unpaired) electrons. The molecule has 150 valence electrons. The van der Waals surface area contributed by atoms with Gasteiger partial charge in [-0.3, -0.25) is 9.52 Å². The predicted molar refractivity (Wildman–Crippen MR) is 107 cm³/mol. The molecule has 0 aliphatic heterocycles. The smallest absolute Gasteiger partial charge is 0.335 e. The maximum Gasteiger partial charge on any atom is 0.335 e. The highest BCUT2D eigenvalue weighted by molar-refractivity contribution is 7.92. The van der Waals surface area contributed by atoms with Crippen LogP contribution < -0.4 is 4.72 Å². The second-order valence-corrected chi connectivity index (χ2v) is 7.98. The number of likely N-dealkylation sites (N-methyl/N-ethyl adjacent to an activating group) is 1. The van der Waals surface area contributed by atoms with Gasteiger partial charge < -0.3 is 10.0 Å². The Morgan fingerprint density at radius 1 is 1.04 bits per heavy atom. The number of aryl methyl sites for hydroxylation is 1. The lowest BCUT2D eigenvalue weighted by Crippen LogP contribution is -2.31. The van der Waals surface area contributed by atoms with Crippen molar-refractivity contribution in [1.82, 2.24) is 4.90 Å². The molecule has 0 spiro atoms. The van der Waals surface area contributed by atoms with Gasteiger partial charge in [0.2, 0.25) is 5.91 Å². The average molecular weight is 404 g/mol. The molecule has 0 atom stereocenters. The Morgan fingerprint density at radius 2 is 1.64 bits per heavy atom. The third-order valence-electron chi connectivity index (χ3n) is 4.40. The Labute approximate surface area is 165 Å². The standard InChI is InChI=1S/C20H24N2O5S/c1-4-22(5-2)19(23)12-15-7-10-17(11-8-15)21-28(26,27)18-13-16(20(24)25)9-6-14(18)3/h6-11,13,21H,4-5,12H2,1-3H3,(H,24,25). The van der Waals surface area contributed by atoms with Crippen molar-refractivity contribution in [3.05, 3.63) is 59.2 Å². The second-order valence-electron chi connectivity index (χ2n) is 6.33. The molecule has 0 aromatic heterocycles. The van der Waals surface area contributed by atoms with Crippen molar-refractivity contribution in [3.63, 3.8) is 0 Å². The van der Waals surface area contributed by atoms with Gasteiger partial charge in [0.15, 0.2) is 0 Å². The molecule has 2 N–H and O–H groups in total. The minimum absolute atomic E-state index is 0.0134. The number of aromatic carboxylic acids is 1. The number of rotatable bonds is 8.